The average Bonchev–Trinajstić information content (AvgIpc) is 2.37. The van der Waals surface area contributed by atoms with Gasteiger partial charge in [0.1, 0.15) is 11.0 Å². The molecule has 0 spiro atoms. The number of halogens is 4. The van der Waals surface area contributed by atoms with Crippen LogP contribution in [0.3, 0.4) is 0 Å². The van der Waals surface area contributed by atoms with Gasteiger partial charge in [0.25, 0.3) is 5.56 Å². The Labute approximate surface area is 128 Å². The lowest BCUT2D eigenvalue weighted by atomic mass is 9.95. The summed E-state index contributed by atoms with van der Waals surface area (Å²) in [5.74, 6) is 0. The summed E-state index contributed by atoms with van der Waals surface area (Å²) in [6.45, 7) is 2.26. The van der Waals surface area contributed by atoms with Crippen molar-refractivity contribution >= 4 is 21.6 Å². The highest BCUT2D eigenvalue weighted by molar-refractivity contribution is 9.10. The third-order valence-corrected chi connectivity index (χ3v) is 3.96. The number of aliphatic hydroxyl groups excluding tert-OH is 1. The van der Waals surface area contributed by atoms with E-state index in [0.29, 0.717) is 23.2 Å². The summed E-state index contributed by atoms with van der Waals surface area (Å²) in [5.41, 5.74) is -1.04. The first kappa shape index (κ1) is 18.0. The molecule has 2 N–H and O–H groups in total. The highest BCUT2D eigenvalue weighted by Crippen LogP contribution is 2.25. The lowest BCUT2D eigenvalue weighted by Gasteiger charge is -2.30. The van der Waals surface area contributed by atoms with Gasteiger partial charge in [-0.1, -0.05) is 6.92 Å². The van der Waals surface area contributed by atoms with Crippen LogP contribution in [0.1, 0.15) is 26.7 Å². The Balaban J connectivity index is 3.07. The fourth-order valence-electron chi connectivity index (χ4n) is 1.73. The van der Waals surface area contributed by atoms with Crippen molar-refractivity contribution in [3.63, 3.8) is 0 Å². The van der Waals surface area contributed by atoms with Crippen LogP contribution in [0.15, 0.2) is 15.5 Å². The van der Waals surface area contributed by atoms with Crippen LogP contribution in [-0.2, 0) is 6.54 Å². The lowest BCUT2D eigenvalue weighted by molar-refractivity contribution is -0.143. The van der Waals surface area contributed by atoms with E-state index in [-0.39, 0.29) is 11.1 Å². The van der Waals surface area contributed by atoms with Crippen LogP contribution in [0.5, 0.6) is 0 Å². The number of hydrogen-bond donors (Lipinski definition) is 2. The molecule has 0 saturated heterocycles. The number of rotatable bonds is 6. The molecule has 1 unspecified atom stereocenters. The zero-order valence-corrected chi connectivity index (χ0v) is 13.3. The van der Waals surface area contributed by atoms with E-state index in [0.717, 1.165) is 0 Å². The summed E-state index contributed by atoms with van der Waals surface area (Å²) in [6, 6.07) is 0. The van der Waals surface area contributed by atoms with Crippen LogP contribution < -0.4 is 10.9 Å². The molecule has 1 aromatic heterocycles. The number of aromatic nitrogens is 2. The van der Waals surface area contributed by atoms with Crippen molar-refractivity contribution in [3.05, 3.63) is 21.0 Å². The van der Waals surface area contributed by atoms with E-state index < -0.39 is 23.8 Å². The average molecular weight is 372 g/mol. The van der Waals surface area contributed by atoms with E-state index in [4.69, 9.17) is 5.11 Å². The zero-order valence-electron chi connectivity index (χ0n) is 11.7. The minimum atomic E-state index is -4.51. The van der Waals surface area contributed by atoms with Crippen LogP contribution in [0.25, 0.3) is 0 Å². The summed E-state index contributed by atoms with van der Waals surface area (Å²) >= 11 is 3.01. The Bertz CT molecular complexity index is 548. The molecule has 1 rings (SSSR count). The van der Waals surface area contributed by atoms with Crippen LogP contribution >= 0.6 is 15.9 Å². The van der Waals surface area contributed by atoms with Gasteiger partial charge in [-0.25, -0.2) is 4.68 Å². The Morgan fingerprint density at radius 3 is 2.57 bits per heavy atom. The number of hydrogen-bond acceptors (Lipinski definition) is 4. The first-order valence-corrected chi connectivity index (χ1v) is 7.12. The third-order valence-electron chi connectivity index (χ3n) is 3.19. The zero-order chi connectivity index (χ0) is 16.3. The molecule has 120 valence electrons. The number of nitrogens with zero attached hydrogens (tertiary/aromatic N) is 2. The van der Waals surface area contributed by atoms with Gasteiger partial charge in [-0.05, 0) is 35.7 Å². The molecule has 0 radical (unpaired) electrons. The molecule has 0 aliphatic heterocycles. The maximum Gasteiger partial charge on any atom is 0.408 e. The second-order valence-electron chi connectivity index (χ2n) is 4.96. The van der Waals surface area contributed by atoms with Gasteiger partial charge in [-0.3, -0.25) is 4.79 Å². The molecule has 1 atom stereocenters. The van der Waals surface area contributed by atoms with E-state index in [2.05, 4.69) is 26.3 Å². The molecule has 0 saturated carbocycles. The molecule has 5 nitrogen and oxygen atoms in total. The highest BCUT2D eigenvalue weighted by atomic mass is 79.9. The molecular formula is C12H17BrF3N3O2. The van der Waals surface area contributed by atoms with Gasteiger partial charge in [0.15, 0.2) is 0 Å². The fourth-order valence-corrected chi connectivity index (χ4v) is 2.14. The minimum Gasteiger partial charge on any atom is -0.396 e. The van der Waals surface area contributed by atoms with Crippen molar-refractivity contribution in [3.8, 4) is 0 Å². The van der Waals surface area contributed by atoms with Crippen molar-refractivity contribution in [2.24, 2.45) is 0 Å². The Hall–Kier alpha value is -1.09. The molecule has 0 amide bonds. The van der Waals surface area contributed by atoms with E-state index in [9.17, 15) is 18.0 Å². The van der Waals surface area contributed by atoms with E-state index in [1.54, 1.807) is 0 Å². The minimum absolute atomic E-state index is 0.0145. The summed E-state index contributed by atoms with van der Waals surface area (Å²) in [4.78, 5) is 11.9. The molecule has 0 aliphatic carbocycles. The predicted molar refractivity (Wildman–Crippen MR) is 76.3 cm³/mol. The Morgan fingerprint density at radius 2 is 2.10 bits per heavy atom. The van der Waals surface area contributed by atoms with Crippen molar-refractivity contribution in [1.82, 2.24) is 9.78 Å². The van der Waals surface area contributed by atoms with E-state index >= 15 is 0 Å². The molecule has 0 fully saturated rings. The van der Waals surface area contributed by atoms with Crippen molar-refractivity contribution < 1.29 is 18.3 Å². The van der Waals surface area contributed by atoms with Gasteiger partial charge in [0.2, 0.25) is 0 Å². The highest BCUT2D eigenvalue weighted by Gasteiger charge is 2.30. The SMILES string of the molecule is CCC(C)(CCO)Nc1cnn(CC(F)(F)F)c(=O)c1Br. The topological polar surface area (TPSA) is 67.2 Å². The normalized spacial score (nSPS) is 14.8. The second kappa shape index (κ2) is 6.78. The van der Waals surface area contributed by atoms with Gasteiger partial charge < -0.3 is 10.4 Å². The van der Waals surface area contributed by atoms with E-state index in [1.165, 1.54) is 6.20 Å². The molecule has 0 aliphatic rings. The summed E-state index contributed by atoms with van der Waals surface area (Å²) < 4.78 is 37.3. The van der Waals surface area contributed by atoms with Crippen molar-refractivity contribution in [1.29, 1.82) is 0 Å². The van der Waals surface area contributed by atoms with Crippen molar-refractivity contribution in [2.75, 3.05) is 11.9 Å². The standard InChI is InChI=1S/C12H17BrF3N3O2/c1-3-11(2,4-5-20)18-8-6-17-19(7-12(14,15)16)10(21)9(8)13/h6,18,20H,3-5,7H2,1-2H3. The summed E-state index contributed by atoms with van der Waals surface area (Å²) in [7, 11) is 0. The largest absolute Gasteiger partial charge is 0.408 e. The number of anilines is 1. The van der Waals surface area contributed by atoms with Crippen LogP contribution in [0.4, 0.5) is 18.9 Å². The molecular weight excluding hydrogens is 355 g/mol. The molecule has 0 aromatic carbocycles. The predicted octanol–water partition coefficient (Wildman–Crippen LogP) is 2.53. The van der Waals surface area contributed by atoms with Gasteiger partial charge in [0.05, 0.1) is 11.9 Å². The van der Waals surface area contributed by atoms with Gasteiger partial charge in [-0.2, -0.15) is 18.3 Å². The lowest BCUT2D eigenvalue weighted by Crippen LogP contribution is -2.37. The number of alkyl halides is 3. The second-order valence-corrected chi connectivity index (χ2v) is 5.76. The first-order chi connectivity index (χ1) is 9.62. The molecule has 1 aromatic rings. The molecule has 1 heterocycles. The first-order valence-electron chi connectivity index (χ1n) is 6.33. The summed E-state index contributed by atoms with van der Waals surface area (Å²) in [6.07, 6.45) is -2.25. The fraction of sp³-hybridized carbons (Fsp3) is 0.667. The smallest absolute Gasteiger partial charge is 0.396 e. The number of nitrogens with one attached hydrogen (secondary N) is 1. The maximum absolute atomic E-state index is 12.3. The van der Waals surface area contributed by atoms with Crippen LogP contribution in [0.2, 0.25) is 0 Å². The number of aliphatic hydroxyl groups is 1. The van der Waals surface area contributed by atoms with Gasteiger partial charge >= 0.3 is 6.18 Å². The molecule has 21 heavy (non-hydrogen) atoms. The van der Waals surface area contributed by atoms with E-state index in [1.807, 2.05) is 13.8 Å². The van der Waals surface area contributed by atoms with Crippen LogP contribution in [-0.4, -0.2) is 33.2 Å². The van der Waals surface area contributed by atoms with Crippen LogP contribution in [0, 0.1) is 0 Å². The summed E-state index contributed by atoms with van der Waals surface area (Å²) in [5, 5.41) is 15.6. The maximum atomic E-state index is 12.3. The van der Waals surface area contributed by atoms with Crippen molar-refractivity contribution in [2.45, 2.75) is 44.9 Å². The van der Waals surface area contributed by atoms with Gasteiger partial charge in [0, 0.05) is 12.1 Å². The Morgan fingerprint density at radius 1 is 1.48 bits per heavy atom. The third kappa shape index (κ3) is 4.99. The molecule has 0 bridgehead atoms. The van der Waals surface area contributed by atoms with Gasteiger partial charge in [-0.15, -0.1) is 0 Å². The molecule has 9 heteroatoms. The monoisotopic (exact) mass is 371 g/mol. The quantitative estimate of drug-likeness (QED) is 0.806. The Kier molecular flexibility index (Phi) is 5.80.